The van der Waals surface area contributed by atoms with Crippen molar-refractivity contribution in [3.8, 4) is 0 Å². The van der Waals surface area contributed by atoms with Gasteiger partial charge in [-0.15, -0.1) is 5.10 Å². The molecule has 126 valence electrons. The van der Waals surface area contributed by atoms with Gasteiger partial charge in [0.25, 0.3) is 11.4 Å². The van der Waals surface area contributed by atoms with Crippen molar-refractivity contribution in [3.05, 3.63) is 16.7 Å². The summed E-state index contributed by atoms with van der Waals surface area (Å²) in [4.78, 5) is 26.5. The molecule has 0 aromatic carbocycles. The molecule has 4 atom stereocenters. The van der Waals surface area contributed by atoms with Crippen molar-refractivity contribution in [2.45, 2.75) is 18.0 Å². The van der Waals surface area contributed by atoms with Crippen molar-refractivity contribution >= 4 is 30.2 Å². The molecule has 0 amide bonds. The monoisotopic (exact) mass is 367 g/mol. The van der Waals surface area contributed by atoms with Gasteiger partial charge in [-0.25, -0.2) is 13.9 Å². The molecule has 11 nitrogen and oxygen atoms in total. The molecule has 2 aromatic rings. The van der Waals surface area contributed by atoms with Gasteiger partial charge in [0.1, 0.15) is 18.8 Å². The van der Waals surface area contributed by atoms with E-state index in [1.165, 1.54) is 0 Å². The number of ether oxygens (including phenoxy) is 1. The molecule has 0 aliphatic carbocycles. The standard InChI is InChI=1S/C9H11FN5O6PS/c10-9(2-20-4(6(9)16)1-21-22(18,19)23)15-7-5(13-14-15)8(17)12-3-11-7/h3-4,6,16H,1-2H2,(H,11,12,17)(H2,18,19,23)/t4-,6-,9?/m1/s1. The third-order valence-electron chi connectivity index (χ3n) is 3.31. The summed E-state index contributed by atoms with van der Waals surface area (Å²) in [5, 5.41) is 17.2. The maximum Gasteiger partial charge on any atom is 0.383 e. The molecular weight excluding hydrogens is 356 g/mol. The van der Waals surface area contributed by atoms with E-state index in [0.29, 0.717) is 4.68 Å². The number of nitrogens with zero attached hydrogens (tertiary/aromatic N) is 4. The Bertz CT molecular complexity index is 839. The maximum absolute atomic E-state index is 15.1. The van der Waals surface area contributed by atoms with Crippen LogP contribution in [-0.2, 0) is 19.6 Å². The van der Waals surface area contributed by atoms with Crippen LogP contribution in [0.1, 0.15) is 0 Å². The zero-order chi connectivity index (χ0) is 16.8. The zero-order valence-corrected chi connectivity index (χ0v) is 13.0. The van der Waals surface area contributed by atoms with Crippen LogP contribution in [0.15, 0.2) is 11.1 Å². The number of halogens is 1. The quantitative estimate of drug-likeness (QED) is 0.391. The predicted octanol–water partition coefficient (Wildman–Crippen LogP) is -1.06. The number of aliphatic hydroxyl groups excluding tert-OH is 1. The van der Waals surface area contributed by atoms with Crippen molar-refractivity contribution < 1.29 is 28.2 Å². The van der Waals surface area contributed by atoms with Gasteiger partial charge < -0.3 is 19.7 Å². The Morgan fingerprint density at radius 2 is 2.43 bits per heavy atom. The molecular formula is C9H11FN5O6PS. The number of hydrogen-bond donors (Lipinski definition) is 4. The lowest BCUT2D eigenvalue weighted by atomic mass is 10.1. The molecule has 2 aromatic heterocycles. The highest BCUT2D eigenvalue weighted by Gasteiger charge is 2.54. The first-order valence-electron chi connectivity index (χ1n) is 6.20. The van der Waals surface area contributed by atoms with Gasteiger partial charge in [-0.2, -0.15) is 4.68 Å². The second-order valence-corrected chi connectivity index (χ2v) is 7.56. The lowest BCUT2D eigenvalue weighted by Crippen LogP contribution is -2.44. The minimum Gasteiger partial charge on any atom is -0.385 e. The summed E-state index contributed by atoms with van der Waals surface area (Å²) in [7, 11) is 0. The highest BCUT2D eigenvalue weighted by Crippen LogP contribution is 2.47. The van der Waals surface area contributed by atoms with E-state index < -0.39 is 43.6 Å². The van der Waals surface area contributed by atoms with Crippen LogP contribution in [0.25, 0.3) is 11.2 Å². The van der Waals surface area contributed by atoms with E-state index in [1.54, 1.807) is 0 Å². The van der Waals surface area contributed by atoms with Crippen molar-refractivity contribution in [3.63, 3.8) is 0 Å². The van der Waals surface area contributed by atoms with Crippen molar-refractivity contribution in [1.82, 2.24) is 25.0 Å². The number of aliphatic hydroxyl groups is 1. The molecule has 1 fully saturated rings. The predicted molar refractivity (Wildman–Crippen MR) is 75.5 cm³/mol. The molecule has 3 rings (SSSR count). The number of thiol groups is 1. The topological polar surface area (TPSA) is 152 Å². The molecule has 1 saturated heterocycles. The van der Waals surface area contributed by atoms with Crippen molar-refractivity contribution in [2.24, 2.45) is 0 Å². The Hall–Kier alpha value is -1.37. The van der Waals surface area contributed by atoms with Gasteiger partial charge in [0.15, 0.2) is 11.2 Å². The van der Waals surface area contributed by atoms with Gasteiger partial charge in [0.05, 0.1) is 12.9 Å². The summed E-state index contributed by atoms with van der Waals surface area (Å²) in [6.07, 6.45) is -2.00. The fourth-order valence-electron chi connectivity index (χ4n) is 2.19. The molecule has 3 heterocycles. The summed E-state index contributed by atoms with van der Waals surface area (Å²) in [5.41, 5.74) is -0.997. The maximum atomic E-state index is 15.1. The fourth-order valence-corrected chi connectivity index (χ4v) is 2.73. The summed E-state index contributed by atoms with van der Waals surface area (Å²) in [6.45, 7) is -5.31. The van der Waals surface area contributed by atoms with Crippen LogP contribution in [0.3, 0.4) is 0 Å². The van der Waals surface area contributed by atoms with E-state index >= 15 is 4.39 Å². The molecule has 3 N–H and O–H groups in total. The van der Waals surface area contributed by atoms with Crippen LogP contribution < -0.4 is 5.56 Å². The Labute approximate surface area is 132 Å². The number of aromatic amines is 1. The lowest BCUT2D eigenvalue weighted by Gasteiger charge is -2.23. The molecule has 0 saturated carbocycles. The third kappa shape index (κ3) is 2.91. The summed E-state index contributed by atoms with van der Waals surface area (Å²) in [5.74, 6) is -2.57. The molecule has 1 aliphatic rings. The first kappa shape index (κ1) is 16.5. The van der Waals surface area contributed by atoms with Crippen LogP contribution in [-0.4, -0.2) is 60.4 Å². The first-order valence-corrected chi connectivity index (χ1v) is 8.93. The summed E-state index contributed by atoms with van der Waals surface area (Å²) in [6, 6.07) is 0. The van der Waals surface area contributed by atoms with E-state index in [-0.39, 0.29) is 11.2 Å². The SMILES string of the molecule is O=c1[nH]cnc2c1nnn2C1(F)CO[C@H](COP(=O)(O)S)[C@H]1O. The fraction of sp³-hybridized carbons (Fsp3) is 0.556. The van der Waals surface area contributed by atoms with E-state index in [2.05, 4.69) is 37.1 Å². The smallest absolute Gasteiger partial charge is 0.383 e. The minimum atomic E-state index is -4.10. The number of hydrogen-bond acceptors (Lipinski definition) is 8. The van der Waals surface area contributed by atoms with E-state index in [9.17, 15) is 14.5 Å². The molecule has 1 aliphatic heterocycles. The summed E-state index contributed by atoms with van der Waals surface area (Å²) < 4.78 is 36.3. The molecule has 14 heteroatoms. The van der Waals surface area contributed by atoms with Gasteiger partial charge in [-0.05, 0) is 0 Å². The molecule has 2 unspecified atom stereocenters. The Morgan fingerprint density at radius 1 is 1.70 bits per heavy atom. The van der Waals surface area contributed by atoms with Gasteiger partial charge in [-0.1, -0.05) is 17.5 Å². The molecule has 0 spiro atoms. The third-order valence-corrected chi connectivity index (χ3v) is 4.14. The van der Waals surface area contributed by atoms with Crippen LogP contribution in [0.5, 0.6) is 0 Å². The average Bonchev–Trinajstić information content (AvgIpc) is 3.01. The van der Waals surface area contributed by atoms with Crippen molar-refractivity contribution in [1.29, 1.82) is 0 Å². The largest absolute Gasteiger partial charge is 0.385 e. The number of alkyl halides is 1. The normalized spacial score (nSPS) is 30.6. The van der Waals surface area contributed by atoms with Gasteiger partial charge in [0.2, 0.25) is 0 Å². The van der Waals surface area contributed by atoms with E-state index in [4.69, 9.17) is 9.63 Å². The first-order chi connectivity index (χ1) is 10.7. The van der Waals surface area contributed by atoms with Gasteiger partial charge in [0, 0.05) is 0 Å². The molecule has 0 radical (unpaired) electrons. The van der Waals surface area contributed by atoms with Crippen LogP contribution in [0.4, 0.5) is 4.39 Å². The number of rotatable bonds is 4. The number of nitrogens with one attached hydrogen (secondary N) is 1. The van der Waals surface area contributed by atoms with Crippen LogP contribution in [0, 0.1) is 0 Å². The number of aromatic nitrogens is 5. The number of H-pyrrole nitrogens is 1. The number of fused-ring (bicyclic) bond motifs is 1. The van der Waals surface area contributed by atoms with E-state index in [1.807, 2.05) is 0 Å². The van der Waals surface area contributed by atoms with Gasteiger partial charge >= 0.3 is 6.80 Å². The minimum absolute atomic E-state index is 0.178. The van der Waals surface area contributed by atoms with Crippen molar-refractivity contribution in [2.75, 3.05) is 13.2 Å². The highest BCUT2D eigenvalue weighted by molar-refractivity contribution is 8.44. The molecule has 23 heavy (non-hydrogen) atoms. The average molecular weight is 367 g/mol. The lowest BCUT2D eigenvalue weighted by molar-refractivity contribution is -0.0527. The zero-order valence-electron chi connectivity index (χ0n) is 11.2. The molecule has 0 bridgehead atoms. The second-order valence-electron chi connectivity index (χ2n) is 4.80. The summed E-state index contributed by atoms with van der Waals surface area (Å²) >= 11 is 3.30. The Kier molecular flexibility index (Phi) is 4.02. The second kappa shape index (κ2) is 5.61. The Morgan fingerprint density at radius 3 is 3.13 bits per heavy atom. The van der Waals surface area contributed by atoms with E-state index in [0.717, 1.165) is 6.33 Å². The van der Waals surface area contributed by atoms with Crippen LogP contribution in [0.2, 0.25) is 0 Å². The van der Waals surface area contributed by atoms with Crippen LogP contribution >= 0.6 is 19.0 Å². The highest BCUT2D eigenvalue weighted by atomic mass is 32.7. The Balaban J connectivity index is 1.91. The van der Waals surface area contributed by atoms with Gasteiger partial charge in [-0.3, -0.25) is 9.32 Å².